The minimum Gasteiger partial charge on any atom is -0.298 e. The van der Waals surface area contributed by atoms with Crippen molar-refractivity contribution < 1.29 is 13.6 Å². The van der Waals surface area contributed by atoms with Gasteiger partial charge in [-0.25, -0.2) is 13.8 Å². The number of aldehydes is 1. The number of halogens is 3. The molecule has 1 rings (SSSR count). The second-order valence-electron chi connectivity index (χ2n) is 2.32. The molecule has 0 aromatic carbocycles. The summed E-state index contributed by atoms with van der Waals surface area (Å²) in [6, 6.07) is 2.60. The van der Waals surface area contributed by atoms with Gasteiger partial charge in [-0.05, 0) is 22.0 Å². The Bertz CT molecular complexity index is 415. The van der Waals surface area contributed by atoms with Gasteiger partial charge in [-0.2, -0.15) is 5.26 Å². The van der Waals surface area contributed by atoms with E-state index in [0.717, 1.165) is 6.07 Å². The van der Waals surface area contributed by atoms with Gasteiger partial charge in [0.2, 0.25) is 0 Å². The molecule has 6 heteroatoms. The van der Waals surface area contributed by atoms with Crippen LogP contribution in [0, 0.1) is 11.3 Å². The van der Waals surface area contributed by atoms with Crippen molar-refractivity contribution in [3.8, 4) is 6.07 Å². The van der Waals surface area contributed by atoms with Crippen LogP contribution < -0.4 is 0 Å². The highest BCUT2D eigenvalue weighted by Crippen LogP contribution is 2.24. The molecular weight excluding hydrogens is 258 g/mol. The Balaban J connectivity index is 3.40. The number of alkyl halides is 2. The van der Waals surface area contributed by atoms with Gasteiger partial charge in [0.15, 0.2) is 12.0 Å². The summed E-state index contributed by atoms with van der Waals surface area (Å²) in [4.78, 5) is 13.8. The Morgan fingerprint density at radius 2 is 2.29 bits per heavy atom. The second-order valence-corrected chi connectivity index (χ2v) is 3.18. The molecule has 0 aliphatic rings. The SMILES string of the molecule is N#Cc1nc(C(F)F)cc(Br)c1C=O. The normalized spacial score (nSPS) is 9.93. The molecule has 0 fully saturated rings. The van der Waals surface area contributed by atoms with Gasteiger partial charge in [0.05, 0.1) is 5.56 Å². The molecule has 0 bridgehead atoms. The van der Waals surface area contributed by atoms with Crippen LogP contribution in [-0.2, 0) is 0 Å². The molecule has 0 aliphatic carbocycles. The second kappa shape index (κ2) is 4.24. The molecule has 0 saturated heterocycles. The van der Waals surface area contributed by atoms with Crippen LogP contribution in [-0.4, -0.2) is 11.3 Å². The summed E-state index contributed by atoms with van der Waals surface area (Å²) in [5.41, 5.74) is -0.847. The summed E-state index contributed by atoms with van der Waals surface area (Å²) in [5, 5.41) is 8.54. The van der Waals surface area contributed by atoms with Gasteiger partial charge in [-0.3, -0.25) is 4.79 Å². The topological polar surface area (TPSA) is 53.8 Å². The maximum atomic E-state index is 12.2. The van der Waals surface area contributed by atoms with E-state index in [1.54, 1.807) is 6.07 Å². The fraction of sp³-hybridized carbons (Fsp3) is 0.125. The lowest BCUT2D eigenvalue weighted by atomic mass is 10.2. The highest BCUT2D eigenvalue weighted by molar-refractivity contribution is 9.10. The lowest BCUT2D eigenvalue weighted by Crippen LogP contribution is -1.99. The van der Waals surface area contributed by atoms with E-state index in [1.165, 1.54) is 0 Å². The van der Waals surface area contributed by atoms with E-state index < -0.39 is 12.1 Å². The van der Waals surface area contributed by atoms with Crippen molar-refractivity contribution in [2.45, 2.75) is 6.43 Å². The van der Waals surface area contributed by atoms with Gasteiger partial charge >= 0.3 is 0 Å². The van der Waals surface area contributed by atoms with Crippen molar-refractivity contribution in [3.63, 3.8) is 0 Å². The largest absolute Gasteiger partial charge is 0.298 e. The third kappa shape index (κ3) is 1.93. The lowest BCUT2D eigenvalue weighted by Gasteiger charge is -2.03. The number of carbonyl (C=O) groups is 1. The van der Waals surface area contributed by atoms with Gasteiger partial charge in [0.25, 0.3) is 6.43 Å². The molecule has 0 spiro atoms. The molecule has 1 aromatic rings. The van der Waals surface area contributed by atoms with Gasteiger partial charge < -0.3 is 0 Å². The molecule has 3 nitrogen and oxygen atoms in total. The molecule has 0 atom stereocenters. The van der Waals surface area contributed by atoms with Crippen molar-refractivity contribution in [1.29, 1.82) is 5.26 Å². The van der Waals surface area contributed by atoms with Gasteiger partial charge in [0, 0.05) is 4.47 Å². The maximum absolute atomic E-state index is 12.2. The van der Waals surface area contributed by atoms with Crippen molar-refractivity contribution in [1.82, 2.24) is 4.98 Å². The van der Waals surface area contributed by atoms with E-state index >= 15 is 0 Å². The molecule has 0 amide bonds. The van der Waals surface area contributed by atoms with E-state index in [9.17, 15) is 13.6 Å². The maximum Gasteiger partial charge on any atom is 0.280 e. The smallest absolute Gasteiger partial charge is 0.280 e. The molecule has 0 N–H and O–H groups in total. The van der Waals surface area contributed by atoms with Gasteiger partial charge in [-0.15, -0.1) is 0 Å². The third-order valence-corrected chi connectivity index (χ3v) is 2.13. The van der Waals surface area contributed by atoms with E-state index in [1.807, 2.05) is 0 Å². The molecule has 14 heavy (non-hydrogen) atoms. The van der Waals surface area contributed by atoms with Crippen molar-refractivity contribution in [3.05, 3.63) is 27.5 Å². The Kier molecular flexibility index (Phi) is 3.25. The van der Waals surface area contributed by atoms with Crippen molar-refractivity contribution in [2.24, 2.45) is 0 Å². The minimum atomic E-state index is -2.76. The number of carbonyl (C=O) groups excluding carboxylic acids is 1. The van der Waals surface area contributed by atoms with Gasteiger partial charge in [-0.1, -0.05) is 0 Å². The number of hydrogen-bond donors (Lipinski definition) is 0. The zero-order valence-electron chi connectivity index (χ0n) is 6.67. The molecule has 1 aromatic heterocycles. The highest BCUT2D eigenvalue weighted by atomic mass is 79.9. The van der Waals surface area contributed by atoms with Crippen LogP contribution in [0.3, 0.4) is 0 Å². The summed E-state index contributed by atoms with van der Waals surface area (Å²) in [5.74, 6) is 0. The van der Waals surface area contributed by atoms with Crippen LogP contribution in [0.4, 0.5) is 8.78 Å². The highest BCUT2D eigenvalue weighted by Gasteiger charge is 2.15. The quantitative estimate of drug-likeness (QED) is 0.768. The summed E-state index contributed by atoms with van der Waals surface area (Å²) in [6.45, 7) is 0. The molecule has 0 radical (unpaired) electrons. The average molecular weight is 261 g/mol. The fourth-order valence-electron chi connectivity index (χ4n) is 0.851. The molecular formula is C8H3BrF2N2O. The Hall–Kier alpha value is -1.35. The summed E-state index contributed by atoms with van der Waals surface area (Å²) in [7, 11) is 0. The van der Waals surface area contributed by atoms with Crippen LogP contribution in [0.5, 0.6) is 0 Å². The van der Waals surface area contributed by atoms with Crippen LogP contribution in [0.2, 0.25) is 0 Å². The van der Waals surface area contributed by atoms with E-state index in [-0.39, 0.29) is 15.7 Å². The first-order valence-corrected chi connectivity index (χ1v) is 4.23. The molecule has 72 valence electrons. The summed E-state index contributed by atoms with van der Waals surface area (Å²) in [6.07, 6.45) is -2.37. The first kappa shape index (κ1) is 10.7. The molecule has 0 saturated carbocycles. The first-order chi connectivity index (χ1) is 6.60. The third-order valence-electron chi connectivity index (χ3n) is 1.48. The lowest BCUT2D eigenvalue weighted by molar-refractivity contribution is 0.112. The molecule has 0 unspecified atom stereocenters. The number of nitriles is 1. The van der Waals surface area contributed by atoms with Crippen LogP contribution in [0.1, 0.15) is 28.2 Å². The van der Waals surface area contributed by atoms with E-state index in [2.05, 4.69) is 20.9 Å². The van der Waals surface area contributed by atoms with Gasteiger partial charge in [0.1, 0.15) is 11.8 Å². The number of hydrogen-bond acceptors (Lipinski definition) is 3. The average Bonchev–Trinajstić information content (AvgIpc) is 2.16. The predicted molar refractivity (Wildman–Crippen MR) is 47.0 cm³/mol. The zero-order chi connectivity index (χ0) is 10.7. The number of rotatable bonds is 2. The van der Waals surface area contributed by atoms with E-state index in [4.69, 9.17) is 5.26 Å². The monoisotopic (exact) mass is 260 g/mol. The van der Waals surface area contributed by atoms with Crippen molar-refractivity contribution in [2.75, 3.05) is 0 Å². The Morgan fingerprint density at radius 1 is 1.64 bits per heavy atom. The van der Waals surface area contributed by atoms with Crippen LogP contribution >= 0.6 is 15.9 Å². The molecule has 0 aliphatic heterocycles. The Morgan fingerprint density at radius 3 is 2.71 bits per heavy atom. The van der Waals surface area contributed by atoms with Crippen molar-refractivity contribution >= 4 is 22.2 Å². The number of aromatic nitrogens is 1. The first-order valence-electron chi connectivity index (χ1n) is 3.44. The summed E-state index contributed by atoms with van der Waals surface area (Å²) >= 11 is 2.91. The zero-order valence-corrected chi connectivity index (χ0v) is 8.25. The van der Waals surface area contributed by atoms with Crippen LogP contribution in [0.25, 0.3) is 0 Å². The standard InChI is InChI=1S/C8H3BrF2N2O/c9-5-1-6(8(10)11)13-7(2-12)4(5)3-14/h1,3,8H. The number of nitrogens with zero attached hydrogens (tertiary/aromatic N) is 2. The fourth-order valence-corrected chi connectivity index (χ4v) is 1.37. The van der Waals surface area contributed by atoms with Crippen LogP contribution in [0.15, 0.2) is 10.5 Å². The summed E-state index contributed by atoms with van der Waals surface area (Å²) < 4.78 is 24.6. The Labute approximate surface area is 86.5 Å². The predicted octanol–water partition coefficient (Wildman–Crippen LogP) is 2.47. The minimum absolute atomic E-state index is 0.0168. The molecule has 1 heterocycles. The van der Waals surface area contributed by atoms with E-state index in [0.29, 0.717) is 6.29 Å². The number of pyridine rings is 1.